The maximum atomic E-state index is 11.8. The van der Waals surface area contributed by atoms with Crippen LogP contribution < -0.4 is 9.47 Å². The van der Waals surface area contributed by atoms with Crippen LogP contribution in [0.2, 0.25) is 0 Å². The molecule has 0 bridgehead atoms. The molecule has 1 heterocycles. The molecule has 0 saturated carbocycles. The Kier molecular flexibility index (Phi) is 2.73. The van der Waals surface area contributed by atoms with Crippen molar-refractivity contribution in [2.75, 3.05) is 21.3 Å². The summed E-state index contributed by atoms with van der Waals surface area (Å²) in [5, 5.41) is 0. The van der Waals surface area contributed by atoms with E-state index < -0.39 is 0 Å². The number of hydrogen-bond acceptors (Lipinski definition) is 3. The zero-order valence-electron chi connectivity index (χ0n) is 11.4. The van der Waals surface area contributed by atoms with Crippen LogP contribution in [-0.4, -0.2) is 32.1 Å². The number of nitrogens with zero attached hydrogens (tertiary/aromatic N) is 1. The molecule has 4 nitrogen and oxygen atoms in total. The summed E-state index contributed by atoms with van der Waals surface area (Å²) in [4.78, 5) is 13.6. The van der Waals surface area contributed by atoms with Crippen molar-refractivity contribution in [2.45, 2.75) is 12.8 Å². The highest BCUT2D eigenvalue weighted by Crippen LogP contribution is 2.43. The zero-order valence-corrected chi connectivity index (χ0v) is 11.4. The lowest BCUT2D eigenvalue weighted by molar-refractivity contribution is -0.125. The molecule has 0 N–H and O–H groups in total. The maximum Gasteiger partial charge on any atom is 0.227 e. The standard InChI is InChI=1S/C15H17NO3/c1-16-12-7-9-4-5-13(18-2)15(19-3)11(9)6-10(12)8-14(16)17/h4-5,7,10H,6,8H2,1-3H3. The average molecular weight is 259 g/mol. The summed E-state index contributed by atoms with van der Waals surface area (Å²) >= 11 is 0. The van der Waals surface area contributed by atoms with Gasteiger partial charge in [0.1, 0.15) is 0 Å². The Morgan fingerprint density at radius 3 is 2.68 bits per heavy atom. The van der Waals surface area contributed by atoms with Crippen LogP contribution in [0.15, 0.2) is 17.8 Å². The van der Waals surface area contributed by atoms with Gasteiger partial charge in [0.05, 0.1) is 14.2 Å². The van der Waals surface area contributed by atoms with E-state index in [1.54, 1.807) is 19.1 Å². The van der Waals surface area contributed by atoms with Crippen molar-refractivity contribution in [2.24, 2.45) is 5.92 Å². The number of allylic oxidation sites excluding steroid dienone is 1. The van der Waals surface area contributed by atoms with E-state index in [1.165, 1.54) is 0 Å². The van der Waals surface area contributed by atoms with Gasteiger partial charge in [-0.25, -0.2) is 0 Å². The van der Waals surface area contributed by atoms with Crippen LogP contribution in [0.5, 0.6) is 11.5 Å². The van der Waals surface area contributed by atoms with Crippen LogP contribution in [0.3, 0.4) is 0 Å². The number of rotatable bonds is 2. The minimum absolute atomic E-state index is 0.190. The Labute approximate surface area is 112 Å². The first kappa shape index (κ1) is 12.1. The van der Waals surface area contributed by atoms with E-state index in [4.69, 9.17) is 9.47 Å². The van der Waals surface area contributed by atoms with Crippen molar-refractivity contribution >= 4 is 12.0 Å². The number of hydrogen-bond donors (Lipinski definition) is 0. The lowest BCUT2D eigenvalue weighted by Gasteiger charge is -2.24. The summed E-state index contributed by atoms with van der Waals surface area (Å²) < 4.78 is 10.8. The van der Waals surface area contributed by atoms with Crippen LogP contribution in [0.1, 0.15) is 17.5 Å². The molecule has 1 saturated heterocycles. The number of likely N-dealkylation sites (tertiary alicyclic amines) is 1. The van der Waals surface area contributed by atoms with Crippen LogP contribution in [0.4, 0.5) is 0 Å². The number of carbonyl (C=O) groups is 1. The molecule has 1 unspecified atom stereocenters. The molecule has 4 heteroatoms. The zero-order chi connectivity index (χ0) is 13.6. The lowest BCUT2D eigenvalue weighted by Crippen LogP contribution is -2.19. The van der Waals surface area contributed by atoms with Gasteiger partial charge in [-0.15, -0.1) is 0 Å². The fraction of sp³-hybridized carbons (Fsp3) is 0.400. The highest BCUT2D eigenvalue weighted by atomic mass is 16.5. The molecular weight excluding hydrogens is 242 g/mol. The number of fused-ring (bicyclic) bond motifs is 2. The van der Waals surface area contributed by atoms with E-state index >= 15 is 0 Å². The van der Waals surface area contributed by atoms with Crippen molar-refractivity contribution in [1.82, 2.24) is 4.90 Å². The third-order valence-corrected chi connectivity index (χ3v) is 4.04. The average Bonchev–Trinajstić information content (AvgIpc) is 2.70. The van der Waals surface area contributed by atoms with Gasteiger partial charge in [-0.05, 0) is 24.1 Å². The first-order valence-corrected chi connectivity index (χ1v) is 6.37. The summed E-state index contributed by atoms with van der Waals surface area (Å²) in [5.41, 5.74) is 3.37. The Hall–Kier alpha value is -1.97. The normalized spacial score (nSPS) is 20.8. The Balaban J connectivity index is 2.11. The van der Waals surface area contributed by atoms with E-state index in [9.17, 15) is 4.79 Å². The van der Waals surface area contributed by atoms with Gasteiger partial charge in [-0.1, -0.05) is 6.07 Å². The van der Waals surface area contributed by atoms with Crippen LogP contribution in [0.25, 0.3) is 6.08 Å². The molecule has 1 aromatic carbocycles. The van der Waals surface area contributed by atoms with Gasteiger partial charge in [-0.2, -0.15) is 0 Å². The predicted molar refractivity (Wildman–Crippen MR) is 72.1 cm³/mol. The van der Waals surface area contributed by atoms with E-state index in [0.29, 0.717) is 6.42 Å². The molecule has 3 rings (SSSR count). The Morgan fingerprint density at radius 2 is 2.00 bits per heavy atom. The SMILES string of the molecule is COc1ccc2c(c1OC)CC1CC(=O)N(C)C1=C2. The summed E-state index contributed by atoms with van der Waals surface area (Å²) in [5.74, 6) is 1.99. The van der Waals surface area contributed by atoms with Gasteiger partial charge in [0.25, 0.3) is 0 Å². The highest BCUT2D eigenvalue weighted by molar-refractivity contribution is 5.85. The molecule has 1 aliphatic carbocycles. The molecule has 19 heavy (non-hydrogen) atoms. The Bertz CT molecular complexity index is 577. The maximum absolute atomic E-state index is 11.8. The molecule has 0 radical (unpaired) electrons. The second kappa shape index (κ2) is 4.30. The second-order valence-corrected chi connectivity index (χ2v) is 5.00. The first-order valence-electron chi connectivity index (χ1n) is 6.37. The monoisotopic (exact) mass is 259 g/mol. The lowest BCUT2D eigenvalue weighted by atomic mass is 9.86. The summed E-state index contributed by atoms with van der Waals surface area (Å²) in [6, 6.07) is 3.93. The van der Waals surface area contributed by atoms with Crippen molar-refractivity contribution in [3.63, 3.8) is 0 Å². The number of amides is 1. The number of methoxy groups -OCH3 is 2. The topological polar surface area (TPSA) is 38.8 Å². The van der Waals surface area contributed by atoms with Crippen molar-refractivity contribution in [3.05, 3.63) is 29.0 Å². The molecule has 0 aromatic heterocycles. The van der Waals surface area contributed by atoms with Gasteiger partial charge in [0.2, 0.25) is 5.91 Å². The van der Waals surface area contributed by atoms with Gasteiger partial charge in [-0.3, -0.25) is 4.79 Å². The molecule has 2 aliphatic rings. The quantitative estimate of drug-likeness (QED) is 0.816. The summed E-state index contributed by atoms with van der Waals surface area (Å²) in [7, 11) is 5.14. The van der Waals surface area contributed by atoms with Crippen molar-refractivity contribution in [1.29, 1.82) is 0 Å². The number of carbonyl (C=O) groups excluding carboxylic acids is 1. The molecule has 1 amide bonds. The molecule has 1 atom stereocenters. The van der Waals surface area contributed by atoms with E-state index in [1.807, 2.05) is 19.2 Å². The molecular formula is C15H17NO3. The van der Waals surface area contributed by atoms with E-state index in [-0.39, 0.29) is 11.8 Å². The van der Waals surface area contributed by atoms with Crippen LogP contribution in [0, 0.1) is 5.92 Å². The fourth-order valence-electron chi connectivity index (χ4n) is 3.02. The highest BCUT2D eigenvalue weighted by Gasteiger charge is 2.36. The van der Waals surface area contributed by atoms with Gasteiger partial charge < -0.3 is 14.4 Å². The van der Waals surface area contributed by atoms with E-state index in [2.05, 4.69) is 6.08 Å². The van der Waals surface area contributed by atoms with Crippen molar-refractivity contribution in [3.8, 4) is 11.5 Å². The molecule has 1 fully saturated rings. The summed E-state index contributed by atoms with van der Waals surface area (Å²) in [6.45, 7) is 0. The van der Waals surface area contributed by atoms with Gasteiger partial charge in [0.15, 0.2) is 11.5 Å². The van der Waals surface area contributed by atoms with Gasteiger partial charge in [0, 0.05) is 30.6 Å². The van der Waals surface area contributed by atoms with Gasteiger partial charge >= 0.3 is 0 Å². The second-order valence-electron chi connectivity index (χ2n) is 5.00. The molecule has 1 aliphatic heterocycles. The third-order valence-electron chi connectivity index (χ3n) is 4.04. The first-order chi connectivity index (χ1) is 9.15. The number of ether oxygens (including phenoxy) is 2. The number of benzene rings is 1. The Morgan fingerprint density at radius 1 is 1.21 bits per heavy atom. The van der Waals surface area contributed by atoms with Crippen molar-refractivity contribution < 1.29 is 14.3 Å². The molecule has 0 spiro atoms. The predicted octanol–water partition coefficient (Wildman–Crippen LogP) is 2.08. The minimum atomic E-state index is 0.190. The molecule has 100 valence electrons. The van der Waals surface area contributed by atoms with Crippen LogP contribution >= 0.6 is 0 Å². The largest absolute Gasteiger partial charge is 0.493 e. The third kappa shape index (κ3) is 1.70. The fourth-order valence-corrected chi connectivity index (χ4v) is 3.02. The smallest absolute Gasteiger partial charge is 0.227 e. The summed E-state index contributed by atoms with van der Waals surface area (Å²) in [6.07, 6.45) is 3.51. The van der Waals surface area contributed by atoms with E-state index in [0.717, 1.165) is 34.7 Å². The van der Waals surface area contributed by atoms with Crippen LogP contribution in [-0.2, 0) is 11.2 Å². The minimum Gasteiger partial charge on any atom is -0.493 e. The molecule has 1 aromatic rings.